The number of benzene rings is 3. The Labute approximate surface area is 207 Å². The van der Waals surface area contributed by atoms with Gasteiger partial charge in [-0.15, -0.1) is 0 Å². The van der Waals surface area contributed by atoms with Gasteiger partial charge in [-0.1, -0.05) is 37.6 Å². The lowest BCUT2D eigenvalue weighted by molar-refractivity contribution is 0.232. The summed E-state index contributed by atoms with van der Waals surface area (Å²) in [6.07, 6.45) is 2.20. The molecule has 5 rings (SSSR count). The third-order valence-electron chi connectivity index (χ3n) is 7.26. The number of rotatable bonds is 7. The summed E-state index contributed by atoms with van der Waals surface area (Å²) in [6, 6.07) is 20.5. The first kappa shape index (κ1) is 23.3. The Balaban J connectivity index is 1.36. The fourth-order valence-corrected chi connectivity index (χ4v) is 5.17. The van der Waals surface area contributed by atoms with Gasteiger partial charge in [-0.3, -0.25) is 4.90 Å². The van der Waals surface area contributed by atoms with E-state index in [1.807, 2.05) is 42.5 Å². The molecule has 1 saturated heterocycles. The molecule has 35 heavy (non-hydrogen) atoms. The van der Waals surface area contributed by atoms with Crippen molar-refractivity contribution in [2.75, 3.05) is 26.2 Å². The summed E-state index contributed by atoms with van der Waals surface area (Å²) in [5.41, 5.74) is 5.06. The first-order valence-electron chi connectivity index (χ1n) is 12.5. The van der Waals surface area contributed by atoms with Crippen molar-refractivity contribution < 1.29 is 19.7 Å². The Morgan fingerprint density at radius 3 is 2.43 bits per heavy atom. The molecule has 5 heteroatoms. The minimum absolute atomic E-state index is 0.176. The van der Waals surface area contributed by atoms with E-state index in [2.05, 4.69) is 18.7 Å². The first-order valence-corrected chi connectivity index (χ1v) is 12.5. The number of hydrogen-bond acceptors (Lipinski definition) is 5. The van der Waals surface area contributed by atoms with Crippen LogP contribution in [-0.2, 0) is 0 Å². The Kier molecular flexibility index (Phi) is 6.69. The lowest BCUT2D eigenvalue weighted by atomic mass is 9.86. The lowest BCUT2D eigenvalue weighted by Crippen LogP contribution is -2.26. The quantitative estimate of drug-likeness (QED) is 0.425. The second-order valence-corrected chi connectivity index (χ2v) is 9.54. The Morgan fingerprint density at radius 2 is 1.71 bits per heavy atom. The number of aromatic hydroxyl groups is 2. The average Bonchev–Trinajstić information content (AvgIpc) is 3.33. The third-order valence-corrected chi connectivity index (χ3v) is 7.26. The number of ether oxygens (including phenoxy) is 2. The van der Waals surface area contributed by atoms with E-state index in [9.17, 15) is 10.2 Å². The third kappa shape index (κ3) is 5.01. The van der Waals surface area contributed by atoms with E-state index in [0.717, 1.165) is 46.0 Å². The van der Waals surface area contributed by atoms with Gasteiger partial charge in [-0.2, -0.15) is 0 Å². The van der Waals surface area contributed by atoms with Crippen LogP contribution in [0.3, 0.4) is 0 Å². The highest BCUT2D eigenvalue weighted by molar-refractivity contribution is 5.95. The number of phenolic OH excluding ortho intramolecular Hbond substituents is 2. The van der Waals surface area contributed by atoms with Crippen LogP contribution < -0.4 is 9.47 Å². The van der Waals surface area contributed by atoms with Gasteiger partial charge in [0.05, 0.1) is 0 Å². The summed E-state index contributed by atoms with van der Waals surface area (Å²) in [5, 5.41) is 19.8. The van der Waals surface area contributed by atoms with Crippen LogP contribution in [-0.4, -0.2) is 41.4 Å². The van der Waals surface area contributed by atoms with Gasteiger partial charge >= 0.3 is 0 Å². The monoisotopic (exact) mass is 471 g/mol. The summed E-state index contributed by atoms with van der Waals surface area (Å²) in [7, 11) is 0. The van der Waals surface area contributed by atoms with Gasteiger partial charge < -0.3 is 19.7 Å². The van der Waals surface area contributed by atoms with Crippen LogP contribution in [0.25, 0.3) is 11.1 Å². The van der Waals surface area contributed by atoms with Gasteiger partial charge in [0.25, 0.3) is 0 Å². The molecule has 3 aromatic rings. The van der Waals surface area contributed by atoms with Crippen molar-refractivity contribution in [1.82, 2.24) is 4.90 Å². The van der Waals surface area contributed by atoms with Crippen LogP contribution in [0.15, 0.2) is 66.7 Å². The SMILES string of the molecule is CC[C@@H]1CCN(CCOc2ccc(C3Oc4cc(O)ccc4C(C)=C3c3ccc(O)cc3)cc2)C1. The minimum Gasteiger partial charge on any atom is -0.508 e. The van der Waals surface area contributed by atoms with Crippen molar-refractivity contribution in [1.29, 1.82) is 0 Å². The molecule has 1 unspecified atom stereocenters. The van der Waals surface area contributed by atoms with Crippen LogP contribution in [0.1, 0.15) is 49.5 Å². The Morgan fingerprint density at radius 1 is 0.971 bits per heavy atom. The van der Waals surface area contributed by atoms with Crippen molar-refractivity contribution >= 4 is 11.1 Å². The van der Waals surface area contributed by atoms with Crippen LogP contribution in [0.4, 0.5) is 0 Å². The van der Waals surface area contributed by atoms with Gasteiger partial charge in [0.2, 0.25) is 0 Å². The Bertz CT molecular complexity index is 1200. The van der Waals surface area contributed by atoms with Gasteiger partial charge in [-0.25, -0.2) is 0 Å². The molecule has 1 fully saturated rings. The first-order chi connectivity index (χ1) is 17.0. The fourth-order valence-electron chi connectivity index (χ4n) is 5.17. The summed E-state index contributed by atoms with van der Waals surface area (Å²) < 4.78 is 12.5. The standard InChI is InChI=1S/C30H33NO4/c1-3-21-14-15-31(19-21)16-17-34-26-11-6-23(7-12-26)30-29(22-4-8-24(32)9-5-22)20(2)27-13-10-25(33)18-28(27)35-30/h4-13,18,21,30,32-33H,3,14-17,19H2,1-2H3/t21-,30?/m1/s1. The number of phenols is 2. The lowest BCUT2D eigenvalue weighted by Gasteiger charge is -2.31. The summed E-state index contributed by atoms with van der Waals surface area (Å²) in [6.45, 7) is 8.33. The molecule has 0 spiro atoms. The molecule has 0 bridgehead atoms. The van der Waals surface area contributed by atoms with Crippen molar-refractivity contribution in [3.8, 4) is 23.0 Å². The molecular weight excluding hydrogens is 438 g/mol. The number of likely N-dealkylation sites (tertiary alicyclic amines) is 1. The molecule has 2 N–H and O–H groups in total. The van der Waals surface area contributed by atoms with Crippen molar-refractivity contribution in [2.24, 2.45) is 5.92 Å². The van der Waals surface area contributed by atoms with Gasteiger partial charge in [0, 0.05) is 30.3 Å². The molecule has 0 aromatic heterocycles. The van der Waals surface area contributed by atoms with E-state index in [4.69, 9.17) is 9.47 Å². The summed E-state index contributed by atoms with van der Waals surface area (Å²) >= 11 is 0. The van der Waals surface area contributed by atoms with Gasteiger partial charge in [0.15, 0.2) is 0 Å². The highest BCUT2D eigenvalue weighted by Crippen LogP contribution is 2.47. The van der Waals surface area contributed by atoms with Gasteiger partial charge in [-0.05, 0) is 78.9 Å². The maximum Gasteiger partial charge on any atom is 0.150 e. The van der Waals surface area contributed by atoms with Crippen LogP contribution >= 0.6 is 0 Å². The van der Waals surface area contributed by atoms with E-state index in [1.165, 1.54) is 25.9 Å². The van der Waals surface area contributed by atoms with Crippen molar-refractivity contribution in [2.45, 2.75) is 32.8 Å². The van der Waals surface area contributed by atoms with Crippen LogP contribution in [0.5, 0.6) is 23.0 Å². The van der Waals surface area contributed by atoms with Gasteiger partial charge in [0.1, 0.15) is 35.7 Å². The predicted molar refractivity (Wildman–Crippen MR) is 139 cm³/mol. The fraction of sp³-hybridized carbons (Fsp3) is 0.333. The largest absolute Gasteiger partial charge is 0.508 e. The smallest absolute Gasteiger partial charge is 0.150 e. The topological polar surface area (TPSA) is 62.2 Å². The number of allylic oxidation sites excluding steroid dienone is 1. The summed E-state index contributed by atoms with van der Waals surface area (Å²) in [4.78, 5) is 2.49. The zero-order valence-corrected chi connectivity index (χ0v) is 20.4. The zero-order valence-electron chi connectivity index (χ0n) is 20.4. The number of fused-ring (bicyclic) bond motifs is 1. The van der Waals surface area contributed by atoms with E-state index >= 15 is 0 Å². The molecule has 0 radical (unpaired) electrons. The highest BCUT2D eigenvalue weighted by Gasteiger charge is 2.29. The molecule has 2 heterocycles. The average molecular weight is 472 g/mol. The minimum atomic E-state index is -0.349. The van der Waals surface area contributed by atoms with E-state index < -0.39 is 0 Å². The highest BCUT2D eigenvalue weighted by atomic mass is 16.5. The molecule has 2 atom stereocenters. The predicted octanol–water partition coefficient (Wildman–Crippen LogP) is 6.27. The molecule has 0 aliphatic carbocycles. The molecular formula is C30H33NO4. The molecule has 3 aromatic carbocycles. The van der Waals surface area contributed by atoms with E-state index in [-0.39, 0.29) is 17.6 Å². The number of nitrogens with zero attached hydrogens (tertiary/aromatic N) is 1. The number of hydrogen-bond donors (Lipinski definition) is 2. The van der Waals surface area contributed by atoms with Crippen LogP contribution in [0.2, 0.25) is 0 Å². The van der Waals surface area contributed by atoms with E-state index in [0.29, 0.717) is 12.4 Å². The maximum absolute atomic E-state index is 10.0. The Hall–Kier alpha value is -3.44. The maximum atomic E-state index is 10.0. The molecule has 5 nitrogen and oxygen atoms in total. The second kappa shape index (κ2) is 10.0. The molecule has 0 amide bonds. The molecule has 2 aliphatic heterocycles. The molecule has 2 aliphatic rings. The zero-order chi connectivity index (χ0) is 24.4. The van der Waals surface area contributed by atoms with Crippen molar-refractivity contribution in [3.05, 3.63) is 83.4 Å². The normalized spacial score (nSPS) is 19.9. The molecule has 0 saturated carbocycles. The second-order valence-electron chi connectivity index (χ2n) is 9.54. The van der Waals surface area contributed by atoms with E-state index in [1.54, 1.807) is 24.3 Å². The molecule has 182 valence electrons. The summed E-state index contributed by atoms with van der Waals surface area (Å²) in [5.74, 6) is 2.74. The van der Waals surface area contributed by atoms with Crippen LogP contribution in [0, 0.1) is 5.92 Å². The van der Waals surface area contributed by atoms with Crippen molar-refractivity contribution in [3.63, 3.8) is 0 Å².